The Morgan fingerprint density at radius 1 is 1.69 bits per heavy atom. The molecule has 1 saturated carbocycles. The predicted molar refractivity (Wildman–Crippen MR) is 52.9 cm³/mol. The van der Waals surface area contributed by atoms with Crippen LogP contribution in [0, 0.1) is 12.8 Å². The molecule has 0 unspecified atom stereocenters. The Kier molecular flexibility index (Phi) is 2.44. The molecule has 0 atom stereocenters. The van der Waals surface area contributed by atoms with Gasteiger partial charge in [0.05, 0.1) is 10.7 Å². The lowest BCUT2D eigenvalue weighted by molar-refractivity contribution is -0.120. The lowest BCUT2D eigenvalue weighted by atomic mass is 10.1. The molecule has 1 heterocycles. The van der Waals surface area contributed by atoms with Crippen molar-refractivity contribution < 1.29 is 4.79 Å². The van der Waals surface area contributed by atoms with Crippen LogP contribution < -0.4 is 0 Å². The van der Waals surface area contributed by atoms with Gasteiger partial charge in [-0.15, -0.1) is 11.3 Å². The van der Waals surface area contributed by atoms with Crippen molar-refractivity contribution in [3.05, 3.63) is 16.1 Å². The molecule has 70 valence electrons. The minimum absolute atomic E-state index is 0.403. The second kappa shape index (κ2) is 3.58. The SMILES string of the molecule is Cc1nc(CCC(=O)C2CC2)cs1. The van der Waals surface area contributed by atoms with Gasteiger partial charge in [-0.3, -0.25) is 4.79 Å². The minimum atomic E-state index is 0.403. The highest BCUT2D eigenvalue weighted by atomic mass is 32.1. The highest BCUT2D eigenvalue weighted by Crippen LogP contribution is 2.31. The van der Waals surface area contributed by atoms with E-state index >= 15 is 0 Å². The third-order valence-corrected chi connectivity index (χ3v) is 3.15. The third-order valence-electron chi connectivity index (χ3n) is 2.33. The van der Waals surface area contributed by atoms with E-state index in [2.05, 4.69) is 10.4 Å². The number of aromatic nitrogens is 1. The van der Waals surface area contributed by atoms with Crippen molar-refractivity contribution in [1.82, 2.24) is 4.98 Å². The van der Waals surface area contributed by atoms with E-state index in [0.717, 1.165) is 30.0 Å². The predicted octanol–water partition coefficient (Wildman–Crippen LogP) is 2.36. The molecule has 1 fully saturated rings. The van der Waals surface area contributed by atoms with Gasteiger partial charge in [-0.2, -0.15) is 0 Å². The third kappa shape index (κ3) is 2.37. The molecule has 1 aliphatic carbocycles. The van der Waals surface area contributed by atoms with E-state index < -0.39 is 0 Å². The van der Waals surface area contributed by atoms with Crippen LogP contribution in [0.5, 0.6) is 0 Å². The van der Waals surface area contributed by atoms with E-state index in [1.807, 2.05) is 6.92 Å². The molecule has 13 heavy (non-hydrogen) atoms. The summed E-state index contributed by atoms with van der Waals surface area (Å²) < 4.78 is 0. The fraction of sp³-hybridized carbons (Fsp3) is 0.600. The van der Waals surface area contributed by atoms with Gasteiger partial charge in [0.1, 0.15) is 5.78 Å². The Balaban J connectivity index is 1.81. The first-order chi connectivity index (χ1) is 6.25. The number of thiazole rings is 1. The Morgan fingerprint density at radius 3 is 3.00 bits per heavy atom. The molecular formula is C10H13NOS. The van der Waals surface area contributed by atoms with Crippen molar-refractivity contribution >= 4 is 17.1 Å². The maximum atomic E-state index is 11.4. The van der Waals surface area contributed by atoms with Gasteiger partial charge in [0, 0.05) is 17.7 Å². The molecule has 1 aromatic heterocycles. The standard InChI is InChI=1S/C10H13NOS/c1-7-11-9(6-13-7)4-5-10(12)8-2-3-8/h6,8H,2-5H2,1H3. The Morgan fingerprint density at radius 2 is 2.46 bits per heavy atom. The Labute approximate surface area is 82.0 Å². The van der Waals surface area contributed by atoms with Gasteiger partial charge in [0.2, 0.25) is 0 Å². The van der Waals surface area contributed by atoms with E-state index in [4.69, 9.17) is 0 Å². The van der Waals surface area contributed by atoms with Crippen molar-refractivity contribution in [2.24, 2.45) is 5.92 Å². The van der Waals surface area contributed by atoms with Crippen molar-refractivity contribution in [3.63, 3.8) is 0 Å². The van der Waals surface area contributed by atoms with Gasteiger partial charge in [-0.05, 0) is 26.2 Å². The highest BCUT2D eigenvalue weighted by molar-refractivity contribution is 7.09. The summed E-state index contributed by atoms with van der Waals surface area (Å²) in [4.78, 5) is 15.7. The van der Waals surface area contributed by atoms with Crippen LogP contribution in [0.3, 0.4) is 0 Å². The first-order valence-electron chi connectivity index (χ1n) is 4.69. The van der Waals surface area contributed by atoms with Crippen LogP contribution in [-0.4, -0.2) is 10.8 Å². The number of hydrogen-bond acceptors (Lipinski definition) is 3. The lowest BCUT2D eigenvalue weighted by Crippen LogP contribution is -2.02. The zero-order valence-electron chi connectivity index (χ0n) is 7.75. The molecule has 3 heteroatoms. The second-order valence-corrected chi connectivity index (χ2v) is 4.66. The van der Waals surface area contributed by atoms with Crippen molar-refractivity contribution in [1.29, 1.82) is 0 Å². The topological polar surface area (TPSA) is 30.0 Å². The summed E-state index contributed by atoms with van der Waals surface area (Å²) in [7, 11) is 0. The fourth-order valence-corrected chi connectivity index (χ4v) is 2.03. The molecule has 0 amide bonds. The van der Waals surface area contributed by atoms with Gasteiger partial charge < -0.3 is 0 Å². The molecule has 2 nitrogen and oxygen atoms in total. The number of aryl methyl sites for hydroxylation is 2. The quantitative estimate of drug-likeness (QED) is 0.738. The van der Waals surface area contributed by atoms with E-state index in [-0.39, 0.29) is 0 Å². The summed E-state index contributed by atoms with van der Waals surface area (Å²) in [6.07, 6.45) is 3.76. The van der Waals surface area contributed by atoms with E-state index in [0.29, 0.717) is 18.1 Å². The van der Waals surface area contributed by atoms with E-state index in [1.165, 1.54) is 0 Å². The molecule has 0 saturated heterocycles. The maximum absolute atomic E-state index is 11.4. The van der Waals surface area contributed by atoms with Gasteiger partial charge in [0.25, 0.3) is 0 Å². The van der Waals surface area contributed by atoms with Crippen molar-refractivity contribution in [3.8, 4) is 0 Å². The number of rotatable bonds is 4. The van der Waals surface area contributed by atoms with Crippen LogP contribution in [0.4, 0.5) is 0 Å². The zero-order chi connectivity index (χ0) is 9.26. The number of hydrogen-bond donors (Lipinski definition) is 0. The van der Waals surface area contributed by atoms with Gasteiger partial charge in [0.15, 0.2) is 0 Å². The summed E-state index contributed by atoms with van der Waals surface area (Å²) in [5, 5.41) is 3.14. The molecule has 1 aliphatic rings. The van der Waals surface area contributed by atoms with Crippen LogP contribution in [-0.2, 0) is 11.2 Å². The van der Waals surface area contributed by atoms with Gasteiger partial charge in [-0.25, -0.2) is 4.98 Å². The molecule has 0 aromatic carbocycles. The number of Topliss-reactive ketones (excluding diaryl/α,β-unsaturated/α-hetero) is 1. The molecule has 2 rings (SSSR count). The molecule has 0 N–H and O–H groups in total. The van der Waals surface area contributed by atoms with E-state index in [1.54, 1.807) is 11.3 Å². The molecule has 0 aliphatic heterocycles. The largest absolute Gasteiger partial charge is 0.299 e. The molecule has 0 bridgehead atoms. The van der Waals surface area contributed by atoms with Crippen LogP contribution in [0.1, 0.15) is 30.0 Å². The Hall–Kier alpha value is -0.700. The lowest BCUT2D eigenvalue weighted by Gasteiger charge is -1.94. The summed E-state index contributed by atoms with van der Waals surface area (Å²) in [5.41, 5.74) is 1.08. The second-order valence-electron chi connectivity index (χ2n) is 3.60. The molecule has 0 spiro atoms. The number of ketones is 1. The summed E-state index contributed by atoms with van der Waals surface area (Å²) in [5.74, 6) is 0.838. The summed E-state index contributed by atoms with van der Waals surface area (Å²) in [6, 6.07) is 0. The monoisotopic (exact) mass is 195 g/mol. The normalized spacial score (nSPS) is 16.1. The highest BCUT2D eigenvalue weighted by Gasteiger charge is 2.28. The van der Waals surface area contributed by atoms with Crippen LogP contribution in [0.15, 0.2) is 5.38 Å². The summed E-state index contributed by atoms with van der Waals surface area (Å²) in [6.45, 7) is 2.00. The van der Waals surface area contributed by atoms with E-state index in [9.17, 15) is 4.79 Å². The fourth-order valence-electron chi connectivity index (χ4n) is 1.38. The van der Waals surface area contributed by atoms with Crippen LogP contribution in [0.25, 0.3) is 0 Å². The molecule has 1 aromatic rings. The molecular weight excluding hydrogens is 182 g/mol. The average molecular weight is 195 g/mol. The maximum Gasteiger partial charge on any atom is 0.136 e. The average Bonchev–Trinajstić information content (AvgIpc) is 2.87. The Bertz CT molecular complexity index is 314. The van der Waals surface area contributed by atoms with Gasteiger partial charge in [-0.1, -0.05) is 0 Å². The first-order valence-corrected chi connectivity index (χ1v) is 5.57. The summed E-state index contributed by atoms with van der Waals surface area (Å²) >= 11 is 1.66. The smallest absolute Gasteiger partial charge is 0.136 e. The first kappa shape index (κ1) is 8.88. The van der Waals surface area contributed by atoms with Gasteiger partial charge >= 0.3 is 0 Å². The zero-order valence-corrected chi connectivity index (χ0v) is 8.56. The number of carbonyl (C=O) groups excluding carboxylic acids is 1. The van der Waals surface area contributed by atoms with Crippen molar-refractivity contribution in [2.75, 3.05) is 0 Å². The van der Waals surface area contributed by atoms with Crippen LogP contribution >= 0.6 is 11.3 Å². The minimum Gasteiger partial charge on any atom is -0.299 e. The number of carbonyl (C=O) groups is 1. The van der Waals surface area contributed by atoms with Crippen LogP contribution in [0.2, 0.25) is 0 Å². The van der Waals surface area contributed by atoms with Crippen molar-refractivity contribution in [2.45, 2.75) is 32.6 Å². The molecule has 0 radical (unpaired) electrons. The number of nitrogens with zero attached hydrogens (tertiary/aromatic N) is 1.